The second-order valence-corrected chi connectivity index (χ2v) is 5.64. The lowest BCUT2D eigenvalue weighted by Crippen LogP contribution is -2.41. The Morgan fingerprint density at radius 2 is 2.10 bits per heavy atom. The van der Waals surface area contributed by atoms with Crippen molar-refractivity contribution in [3.05, 3.63) is 34.9 Å². The molecule has 3 rings (SSSR count). The summed E-state index contributed by atoms with van der Waals surface area (Å²) in [5, 5.41) is 0. The van der Waals surface area contributed by atoms with Crippen molar-refractivity contribution in [2.75, 3.05) is 7.11 Å². The Hall–Kier alpha value is -1.84. The third kappa shape index (κ3) is 1.99. The average Bonchev–Trinajstić information content (AvgIpc) is 3.01. The first kappa shape index (κ1) is 13.2. The summed E-state index contributed by atoms with van der Waals surface area (Å²) in [6.45, 7) is 2.05. The summed E-state index contributed by atoms with van der Waals surface area (Å²) in [6, 6.07) is 6.00. The molecule has 2 atom stereocenters. The third-order valence-electron chi connectivity index (χ3n) is 4.41. The number of methoxy groups -OCH3 is 1. The minimum atomic E-state index is -0.413. The number of rotatable bonds is 2. The molecule has 4 nitrogen and oxygen atoms in total. The Kier molecular flexibility index (Phi) is 3.24. The number of fused-ring (bicyclic) bond motifs is 1. The summed E-state index contributed by atoms with van der Waals surface area (Å²) in [6.07, 6.45) is 2.89. The molecule has 0 bridgehead atoms. The molecule has 1 heterocycles. The third-order valence-corrected chi connectivity index (χ3v) is 4.41. The largest absolute Gasteiger partial charge is 0.467 e. The zero-order valence-electron chi connectivity index (χ0n) is 11.9. The maximum atomic E-state index is 12.2. The Balaban J connectivity index is 1.95. The van der Waals surface area contributed by atoms with Crippen LogP contribution < -0.4 is 0 Å². The standard InChI is InChI=1S/C16H19NO3/c1-10-3-4-11-5-6-13(12(11)9-10)17-14(16(19)20-2)7-8-15(17)18/h3-4,9,13-14H,5-8H2,1-2H3. The number of carbonyl (C=O) groups is 2. The molecular formula is C16H19NO3. The van der Waals surface area contributed by atoms with E-state index in [0.29, 0.717) is 12.8 Å². The van der Waals surface area contributed by atoms with E-state index in [1.165, 1.54) is 23.8 Å². The predicted octanol–water partition coefficient (Wildman–Crippen LogP) is 2.15. The van der Waals surface area contributed by atoms with Crippen LogP contribution in [0.5, 0.6) is 0 Å². The monoisotopic (exact) mass is 273 g/mol. The normalized spacial score (nSPS) is 24.9. The van der Waals surface area contributed by atoms with Gasteiger partial charge in [-0.1, -0.05) is 23.8 Å². The summed E-state index contributed by atoms with van der Waals surface area (Å²) in [7, 11) is 1.38. The van der Waals surface area contributed by atoms with Gasteiger partial charge in [0.15, 0.2) is 0 Å². The highest BCUT2D eigenvalue weighted by atomic mass is 16.5. The van der Waals surface area contributed by atoms with Gasteiger partial charge in [0.25, 0.3) is 0 Å². The van der Waals surface area contributed by atoms with Gasteiger partial charge in [-0.25, -0.2) is 4.79 Å². The molecule has 2 unspecified atom stereocenters. The Bertz CT molecular complexity index is 567. The van der Waals surface area contributed by atoms with Gasteiger partial charge in [-0.3, -0.25) is 4.79 Å². The molecule has 20 heavy (non-hydrogen) atoms. The zero-order valence-corrected chi connectivity index (χ0v) is 11.9. The van der Waals surface area contributed by atoms with E-state index in [2.05, 4.69) is 25.1 Å². The lowest BCUT2D eigenvalue weighted by molar-refractivity contribution is -0.150. The van der Waals surface area contributed by atoms with Gasteiger partial charge in [0.05, 0.1) is 13.2 Å². The molecule has 0 aromatic heterocycles. The maximum absolute atomic E-state index is 12.2. The maximum Gasteiger partial charge on any atom is 0.328 e. The number of esters is 1. The molecular weight excluding hydrogens is 254 g/mol. The van der Waals surface area contributed by atoms with Crippen LogP contribution >= 0.6 is 0 Å². The molecule has 2 aliphatic rings. The van der Waals surface area contributed by atoms with Crippen LogP contribution in [0, 0.1) is 6.92 Å². The molecule has 1 amide bonds. The quantitative estimate of drug-likeness (QED) is 0.776. The Morgan fingerprint density at radius 3 is 2.85 bits per heavy atom. The first-order chi connectivity index (χ1) is 9.61. The number of benzene rings is 1. The molecule has 0 saturated carbocycles. The first-order valence-electron chi connectivity index (χ1n) is 7.10. The van der Waals surface area contributed by atoms with E-state index >= 15 is 0 Å². The molecule has 0 spiro atoms. The Labute approximate surface area is 118 Å². The van der Waals surface area contributed by atoms with E-state index in [0.717, 1.165) is 12.8 Å². The van der Waals surface area contributed by atoms with Gasteiger partial charge < -0.3 is 9.64 Å². The van der Waals surface area contributed by atoms with Gasteiger partial charge in [-0.05, 0) is 37.3 Å². The minimum absolute atomic E-state index is 0.0315. The van der Waals surface area contributed by atoms with E-state index in [-0.39, 0.29) is 17.9 Å². The summed E-state index contributed by atoms with van der Waals surface area (Å²) >= 11 is 0. The topological polar surface area (TPSA) is 46.6 Å². The van der Waals surface area contributed by atoms with Gasteiger partial charge in [0.2, 0.25) is 5.91 Å². The highest BCUT2D eigenvalue weighted by Crippen LogP contribution is 2.40. The highest BCUT2D eigenvalue weighted by Gasteiger charge is 2.43. The first-order valence-corrected chi connectivity index (χ1v) is 7.10. The van der Waals surface area contributed by atoms with Crippen LogP contribution in [-0.2, 0) is 20.7 Å². The van der Waals surface area contributed by atoms with Crippen LogP contribution in [0.25, 0.3) is 0 Å². The minimum Gasteiger partial charge on any atom is -0.467 e. The van der Waals surface area contributed by atoms with Crippen molar-refractivity contribution in [3.8, 4) is 0 Å². The second-order valence-electron chi connectivity index (χ2n) is 5.64. The van der Waals surface area contributed by atoms with Crippen molar-refractivity contribution < 1.29 is 14.3 Å². The van der Waals surface area contributed by atoms with Crippen molar-refractivity contribution in [3.63, 3.8) is 0 Å². The number of ether oxygens (including phenoxy) is 1. The predicted molar refractivity (Wildman–Crippen MR) is 74.1 cm³/mol. The molecule has 0 radical (unpaired) electrons. The van der Waals surface area contributed by atoms with Gasteiger partial charge >= 0.3 is 5.97 Å². The molecule has 1 aromatic rings. The van der Waals surface area contributed by atoms with Crippen molar-refractivity contribution >= 4 is 11.9 Å². The molecule has 1 fully saturated rings. The van der Waals surface area contributed by atoms with Crippen LogP contribution in [0.3, 0.4) is 0 Å². The molecule has 0 N–H and O–H groups in total. The van der Waals surface area contributed by atoms with Gasteiger partial charge in [-0.2, -0.15) is 0 Å². The number of hydrogen-bond acceptors (Lipinski definition) is 3. The van der Waals surface area contributed by atoms with Crippen LogP contribution in [0.1, 0.15) is 42.0 Å². The van der Waals surface area contributed by atoms with Crippen molar-refractivity contribution in [2.45, 2.75) is 44.7 Å². The summed E-state index contributed by atoms with van der Waals surface area (Å²) in [4.78, 5) is 25.9. The summed E-state index contributed by atoms with van der Waals surface area (Å²) in [5.74, 6) is -0.225. The lowest BCUT2D eigenvalue weighted by atomic mass is 10.0. The molecule has 4 heteroatoms. The van der Waals surface area contributed by atoms with Gasteiger partial charge in [-0.15, -0.1) is 0 Å². The van der Waals surface area contributed by atoms with Crippen LogP contribution in [0.2, 0.25) is 0 Å². The van der Waals surface area contributed by atoms with Crippen LogP contribution in [-0.4, -0.2) is 29.9 Å². The average molecular weight is 273 g/mol. The molecule has 106 valence electrons. The second kappa shape index (κ2) is 4.93. The fourth-order valence-electron chi connectivity index (χ4n) is 3.45. The van der Waals surface area contributed by atoms with E-state index < -0.39 is 6.04 Å². The Morgan fingerprint density at radius 1 is 1.30 bits per heavy atom. The highest BCUT2D eigenvalue weighted by molar-refractivity contribution is 5.88. The summed E-state index contributed by atoms with van der Waals surface area (Å²) in [5.41, 5.74) is 3.69. The van der Waals surface area contributed by atoms with Gasteiger partial charge in [0, 0.05) is 6.42 Å². The number of amides is 1. The smallest absolute Gasteiger partial charge is 0.328 e. The lowest BCUT2D eigenvalue weighted by Gasteiger charge is -2.30. The molecule has 1 aliphatic heterocycles. The molecule has 1 aliphatic carbocycles. The molecule has 1 aromatic carbocycles. The van der Waals surface area contributed by atoms with Gasteiger partial charge in [0.1, 0.15) is 6.04 Å². The van der Waals surface area contributed by atoms with Crippen molar-refractivity contribution in [1.82, 2.24) is 4.90 Å². The van der Waals surface area contributed by atoms with Crippen LogP contribution in [0.15, 0.2) is 18.2 Å². The SMILES string of the molecule is COC(=O)C1CCC(=O)N1C1CCc2ccc(C)cc21. The van der Waals surface area contributed by atoms with Crippen molar-refractivity contribution in [1.29, 1.82) is 0 Å². The fourth-order valence-corrected chi connectivity index (χ4v) is 3.45. The number of carbonyl (C=O) groups excluding carboxylic acids is 2. The van der Waals surface area contributed by atoms with E-state index in [1.54, 1.807) is 4.90 Å². The summed E-state index contributed by atoms with van der Waals surface area (Å²) < 4.78 is 4.85. The van der Waals surface area contributed by atoms with E-state index in [1.807, 2.05) is 0 Å². The van der Waals surface area contributed by atoms with E-state index in [9.17, 15) is 9.59 Å². The van der Waals surface area contributed by atoms with Crippen LogP contribution in [0.4, 0.5) is 0 Å². The fraction of sp³-hybridized carbons (Fsp3) is 0.500. The molecule has 1 saturated heterocycles. The number of hydrogen-bond donors (Lipinski definition) is 0. The van der Waals surface area contributed by atoms with Crippen molar-refractivity contribution in [2.24, 2.45) is 0 Å². The number of aryl methyl sites for hydroxylation is 2. The van der Waals surface area contributed by atoms with E-state index in [4.69, 9.17) is 4.74 Å². The zero-order chi connectivity index (χ0) is 14.3. The number of likely N-dealkylation sites (tertiary alicyclic amines) is 1. The number of nitrogens with zero attached hydrogens (tertiary/aromatic N) is 1.